The number of halogens is 1. The number of nitrogens with zero attached hydrogens (tertiary/aromatic N) is 1. The van der Waals surface area contributed by atoms with E-state index in [1.807, 2.05) is 4.90 Å². The highest BCUT2D eigenvalue weighted by atomic mass is 19.1. The summed E-state index contributed by atoms with van der Waals surface area (Å²) in [5.74, 6) is -0.107. The lowest BCUT2D eigenvalue weighted by Crippen LogP contribution is -2.60. The number of hydrogen-bond acceptors (Lipinski definition) is 4. The Morgan fingerprint density at radius 2 is 1.95 bits per heavy atom. The minimum atomic E-state index is -0.244. The molecule has 0 aliphatic carbocycles. The summed E-state index contributed by atoms with van der Waals surface area (Å²) in [6.07, 6.45) is 0.676. The van der Waals surface area contributed by atoms with Crippen molar-refractivity contribution < 1.29 is 9.18 Å². The van der Waals surface area contributed by atoms with Crippen LogP contribution in [0.1, 0.15) is 31.9 Å². The maximum absolute atomic E-state index is 13.0. The fraction of sp³-hybridized carbons (Fsp3) is 0.562. The molecule has 0 radical (unpaired) electrons. The Hall–Kier alpha value is -1.50. The van der Waals surface area contributed by atoms with E-state index in [4.69, 9.17) is 0 Å². The van der Waals surface area contributed by atoms with E-state index in [0.717, 1.165) is 18.7 Å². The number of benzene rings is 1. The van der Waals surface area contributed by atoms with Crippen LogP contribution in [0.15, 0.2) is 24.3 Å². The second-order valence-electron chi connectivity index (χ2n) is 6.20. The van der Waals surface area contributed by atoms with Crippen molar-refractivity contribution in [3.63, 3.8) is 0 Å². The van der Waals surface area contributed by atoms with E-state index in [1.165, 1.54) is 12.1 Å². The van der Waals surface area contributed by atoms with E-state index in [1.54, 1.807) is 12.1 Å². The first-order valence-electron chi connectivity index (χ1n) is 7.86. The molecular weight excluding hydrogens is 283 g/mol. The molecule has 1 aromatic rings. The molecule has 3 rings (SSSR count). The predicted octanol–water partition coefficient (Wildman–Crippen LogP) is 0.942. The number of hydrazine groups is 1. The molecule has 2 saturated heterocycles. The van der Waals surface area contributed by atoms with Gasteiger partial charge in [0, 0.05) is 31.2 Å². The van der Waals surface area contributed by atoms with Gasteiger partial charge in [-0.1, -0.05) is 12.1 Å². The molecule has 2 aliphatic rings. The molecule has 4 atom stereocenters. The van der Waals surface area contributed by atoms with Gasteiger partial charge >= 0.3 is 0 Å². The first-order valence-corrected chi connectivity index (χ1v) is 7.86. The maximum atomic E-state index is 13.0. The summed E-state index contributed by atoms with van der Waals surface area (Å²) in [6.45, 7) is 5.75. The number of piperazine rings is 1. The van der Waals surface area contributed by atoms with Crippen LogP contribution in [-0.2, 0) is 4.79 Å². The highest BCUT2D eigenvalue weighted by Crippen LogP contribution is 2.24. The summed E-state index contributed by atoms with van der Waals surface area (Å²) in [7, 11) is 0. The molecule has 3 N–H and O–H groups in total. The number of hydrogen-bond donors (Lipinski definition) is 3. The topological polar surface area (TPSA) is 56.4 Å². The summed E-state index contributed by atoms with van der Waals surface area (Å²) in [5.41, 5.74) is 7.24. The van der Waals surface area contributed by atoms with Crippen molar-refractivity contribution in [1.82, 2.24) is 21.1 Å². The van der Waals surface area contributed by atoms with Crippen molar-refractivity contribution in [2.24, 2.45) is 0 Å². The van der Waals surface area contributed by atoms with E-state index < -0.39 is 0 Å². The number of carbonyl (C=O) groups excluding carboxylic acids is 1. The molecule has 0 spiro atoms. The Labute approximate surface area is 130 Å². The second-order valence-corrected chi connectivity index (χ2v) is 6.20. The fourth-order valence-corrected chi connectivity index (χ4v) is 3.20. The van der Waals surface area contributed by atoms with Gasteiger partial charge in [-0.05, 0) is 38.0 Å². The van der Waals surface area contributed by atoms with Crippen LogP contribution in [0, 0.1) is 5.82 Å². The zero-order valence-corrected chi connectivity index (χ0v) is 13.0. The number of amides is 1. The standard InChI is InChI=1S/C16H23FN4O/c1-10-11(2)21(8-7-18-10)16(22)15-9-14(19-20-15)12-3-5-13(17)6-4-12/h3-6,10-11,14-15,18-20H,7-9H2,1-2H3. The average molecular weight is 306 g/mol. The molecular formula is C16H23FN4O. The third-order valence-corrected chi connectivity index (χ3v) is 4.79. The number of nitrogens with one attached hydrogen (secondary N) is 3. The van der Waals surface area contributed by atoms with E-state index in [2.05, 4.69) is 30.0 Å². The Bertz CT molecular complexity index is 535. The molecule has 1 aromatic carbocycles. The number of carbonyl (C=O) groups is 1. The quantitative estimate of drug-likeness (QED) is 0.761. The molecule has 120 valence electrons. The summed E-state index contributed by atoms with van der Waals surface area (Å²) >= 11 is 0. The number of rotatable bonds is 2. The molecule has 2 aliphatic heterocycles. The molecule has 5 nitrogen and oxygen atoms in total. The van der Waals surface area contributed by atoms with Gasteiger partial charge in [-0.2, -0.15) is 0 Å². The normalized spacial score (nSPS) is 32.2. The Balaban J connectivity index is 1.64. The zero-order valence-electron chi connectivity index (χ0n) is 13.0. The Morgan fingerprint density at radius 1 is 1.23 bits per heavy atom. The monoisotopic (exact) mass is 306 g/mol. The van der Waals surface area contributed by atoms with Gasteiger partial charge in [-0.15, -0.1) is 0 Å². The van der Waals surface area contributed by atoms with Crippen molar-refractivity contribution in [1.29, 1.82) is 0 Å². The van der Waals surface area contributed by atoms with E-state index in [0.29, 0.717) is 12.5 Å². The van der Waals surface area contributed by atoms with E-state index >= 15 is 0 Å². The third-order valence-electron chi connectivity index (χ3n) is 4.79. The van der Waals surface area contributed by atoms with Gasteiger partial charge in [0.15, 0.2) is 0 Å². The smallest absolute Gasteiger partial charge is 0.241 e. The van der Waals surface area contributed by atoms with Crippen molar-refractivity contribution in [2.45, 2.75) is 44.4 Å². The Morgan fingerprint density at radius 3 is 2.68 bits per heavy atom. The highest BCUT2D eigenvalue weighted by molar-refractivity contribution is 5.82. The third kappa shape index (κ3) is 2.99. The van der Waals surface area contributed by atoms with Crippen LogP contribution in [-0.4, -0.2) is 42.0 Å². The minimum Gasteiger partial charge on any atom is -0.336 e. The summed E-state index contributed by atoms with van der Waals surface area (Å²) in [4.78, 5) is 14.7. The first kappa shape index (κ1) is 15.4. The van der Waals surface area contributed by atoms with Gasteiger partial charge in [-0.25, -0.2) is 15.2 Å². The Kier molecular flexibility index (Phi) is 4.42. The average Bonchev–Trinajstić information content (AvgIpc) is 3.00. The van der Waals surface area contributed by atoms with Gasteiger partial charge in [0.25, 0.3) is 0 Å². The van der Waals surface area contributed by atoms with Gasteiger partial charge in [0.2, 0.25) is 5.91 Å². The minimum absolute atomic E-state index is 0.0326. The van der Waals surface area contributed by atoms with Crippen LogP contribution in [0.5, 0.6) is 0 Å². The lowest BCUT2D eigenvalue weighted by Gasteiger charge is -2.39. The molecule has 4 unspecified atom stereocenters. The molecule has 0 bridgehead atoms. The van der Waals surface area contributed by atoms with Gasteiger partial charge in [0.05, 0.1) is 0 Å². The van der Waals surface area contributed by atoms with Crippen molar-refractivity contribution >= 4 is 5.91 Å². The van der Waals surface area contributed by atoms with Crippen LogP contribution in [0.25, 0.3) is 0 Å². The predicted molar refractivity (Wildman–Crippen MR) is 82.5 cm³/mol. The van der Waals surface area contributed by atoms with E-state index in [9.17, 15) is 9.18 Å². The van der Waals surface area contributed by atoms with Crippen LogP contribution in [0.4, 0.5) is 4.39 Å². The van der Waals surface area contributed by atoms with E-state index in [-0.39, 0.29) is 29.8 Å². The van der Waals surface area contributed by atoms with Crippen LogP contribution >= 0.6 is 0 Å². The fourth-order valence-electron chi connectivity index (χ4n) is 3.20. The van der Waals surface area contributed by atoms with Gasteiger partial charge < -0.3 is 10.2 Å². The zero-order chi connectivity index (χ0) is 15.7. The second kappa shape index (κ2) is 6.32. The summed E-state index contributed by atoms with van der Waals surface area (Å²) in [6, 6.07) is 6.72. The maximum Gasteiger partial charge on any atom is 0.241 e. The molecule has 0 aromatic heterocycles. The molecule has 6 heteroatoms. The van der Waals surface area contributed by atoms with Crippen molar-refractivity contribution in [3.05, 3.63) is 35.6 Å². The molecule has 2 heterocycles. The molecule has 2 fully saturated rings. The largest absolute Gasteiger partial charge is 0.336 e. The van der Waals surface area contributed by atoms with Crippen molar-refractivity contribution in [2.75, 3.05) is 13.1 Å². The van der Waals surface area contributed by atoms with Crippen LogP contribution in [0.2, 0.25) is 0 Å². The molecule has 1 amide bonds. The lowest BCUT2D eigenvalue weighted by atomic mass is 10.00. The molecule has 22 heavy (non-hydrogen) atoms. The van der Waals surface area contributed by atoms with Gasteiger partial charge in [0.1, 0.15) is 11.9 Å². The molecule has 0 saturated carbocycles. The van der Waals surface area contributed by atoms with Crippen molar-refractivity contribution in [3.8, 4) is 0 Å². The summed E-state index contributed by atoms with van der Waals surface area (Å²) in [5, 5.41) is 3.38. The van der Waals surface area contributed by atoms with Crippen LogP contribution < -0.4 is 16.2 Å². The first-order chi connectivity index (χ1) is 10.6. The van der Waals surface area contributed by atoms with Crippen LogP contribution in [0.3, 0.4) is 0 Å². The SMILES string of the molecule is CC1NCCN(C(=O)C2CC(c3ccc(F)cc3)NN2)C1C. The highest BCUT2D eigenvalue weighted by Gasteiger charge is 2.36. The van der Waals surface area contributed by atoms with Gasteiger partial charge in [-0.3, -0.25) is 4.79 Å². The lowest BCUT2D eigenvalue weighted by molar-refractivity contribution is -0.136. The summed E-state index contributed by atoms with van der Waals surface area (Å²) < 4.78 is 13.0.